The fourth-order valence-electron chi connectivity index (χ4n) is 2.22. The van der Waals surface area contributed by atoms with Gasteiger partial charge >= 0.3 is 5.97 Å². The molecule has 0 fully saturated rings. The molecule has 97 valence electrons. The molecule has 18 heavy (non-hydrogen) atoms. The number of ketones is 1. The molecule has 1 radical (unpaired) electrons. The first kappa shape index (κ1) is 14.3. The summed E-state index contributed by atoms with van der Waals surface area (Å²) in [5.41, 5.74) is -1.15. The number of carboxylic acids is 1. The third-order valence-electron chi connectivity index (χ3n) is 3.16. The molecule has 2 atom stereocenters. The minimum atomic E-state index is -1.23. The zero-order valence-electron chi connectivity index (χ0n) is 9.83. The minimum absolute atomic E-state index is 0.0895. The third-order valence-corrected chi connectivity index (χ3v) is 3.16. The van der Waals surface area contributed by atoms with Gasteiger partial charge in [0.1, 0.15) is 0 Å². The number of carbonyl (C=O) groups excluding carboxylic acids is 2. The highest BCUT2D eigenvalue weighted by atomic mass is 16.4. The predicted octanol–water partition coefficient (Wildman–Crippen LogP) is 0.641. The van der Waals surface area contributed by atoms with Crippen molar-refractivity contribution < 1.29 is 24.6 Å². The van der Waals surface area contributed by atoms with Gasteiger partial charge in [0, 0.05) is 18.6 Å². The average Bonchev–Trinajstić information content (AvgIpc) is 2.36. The van der Waals surface area contributed by atoms with Crippen LogP contribution in [0.15, 0.2) is 24.3 Å². The Bertz CT molecular complexity index is 396. The number of aliphatic hydroxyl groups excluding tert-OH is 1. The second-order valence-corrected chi connectivity index (χ2v) is 4.20. The molecule has 2 N–H and O–H groups in total. The summed E-state index contributed by atoms with van der Waals surface area (Å²) in [6.07, 6.45) is 8.12. The monoisotopic (exact) mass is 251 g/mol. The smallest absolute Gasteiger partial charge is 0.328 e. The molecular weight excluding hydrogens is 236 g/mol. The summed E-state index contributed by atoms with van der Waals surface area (Å²) in [6.45, 7) is -0.255. The lowest BCUT2D eigenvalue weighted by Gasteiger charge is -2.35. The lowest BCUT2D eigenvalue weighted by Crippen LogP contribution is -2.39. The largest absolute Gasteiger partial charge is 0.478 e. The Kier molecular flexibility index (Phi) is 4.97. The highest BCUT2D eigenvalue weighted by Gasteiger charge is 2.43. The molecule has 0 aromatic carbocycles. The highest BCUT2D eigenvalue weighted by molar-refractivity contribution is 6.01. The van der Waals surface area contributed by atoms with Crippen molar-refractivity contribution in [1.29, 1.82) is 0 Å². The Hall–Kier alpha value is -1.75. The summed E-state index contributed by atoms with van der Waals surface area (Å²) >= 11 is 0. The lowest BCUT2D eigenvalue weighted by molar-refractivity contribution is -0.132. The summed E-state index contributed by atoms with van der Waals surface area (Å²) in [5, 5.41) is 17.6. The Morgan fingerprint density at radius 1 is 1.44 bits per heavy atom. The van der Waals surface area contributed by atoms with Crippen molar-refractivity contribution in [2.45, 2.75) is 19.3 Å². The molecule has 0 heterocycles. The van der Waals surface area contributed by atoms with Gasteiger partial charge in [-0.05, 0) is 25.3 Å². The van der Waals surface area contributed by atoms with Gasteiger partial charge in [0.25, 0.3) is 0 Å². The van der Waals surface area contributed by atoms with Crippen molar-refractivity contribution in [3.05, 3.63) is 24.3 Å². The molecule has 1 aliphatic rings. The van der Waals surface area contributed by atoms with Crippen LogP contribution in [-0.2, 0) is 14.4 Å². The van der Waals surface area contributed by atoms with E-state index in [0.717, 1.165) is 12.2 Å². The highest BCUT2D eigenvalue weighted by Crippen LogP contribution is 2.40. The van der Waals surface area contributed by atoms with E-state index in [2.05, 4.69) is 0 Å². The lowest BCUT2D eigenvalue weighted by atomic mass is 9.66. The van der Waals surface area contributed by atoms with Crippen molar-refractivity contribution in [1.82, 2.24) is 0 Å². The number of carbonyl (C=O) groups is 2. The summed E-state index contributed by atoms with van der Waals surface area (Å²) in [5.74, 6) is -2.35. The predicted molar refractivity (Wildman–Crippen MR) is 63.5 cm³/mol. The molecule has 2 unspecified atom stereocenters. The fourth-order valence-corrected chi connectivity index (χ4v) is 2.22. The molecule has 5 heteroatoms. The maximum atomic E-state index is 12.1. The van der Waals surface area contributed by atoms with Gasteiger partial charge in [-0.1, -0.05) is 12.2 Å². The standard InChI is InChI=1S/C13H15O5/c14-8-7-13(11(16)4-5-12(17)18)6-2-1-3-10(13)9-15/h2,4-6,10,14H,1,3,7-8H2,(H,17,18). The Balaban J connectivity index is 3.08. The SMILES string of the molecule is O=[C]C1CCC=CC1(CCO)C(=O)C=CC(=O)O. The van der Waals surface area contributed by atoms with E-state index in [1.54, 1.807) is 12.2 Å². The van der Waals surface area contributed by atoms with E-state index in [1.165, 1.54) is 0 Å². The number of aliphatic hydroxyl groups is 1. The molecule has 5 nitrogen and oxygen atoms in total. The summed E-state index contributed by atoms with van der Waals surface area (Å²) < 4.78 is 0. The molecule has 1 rings (SSSR count). The van der Waals surface area contributed by atoms with Crippen LogP contribution in [0.4, 0.5) is 0 Å². The number of aliphatic carboxylic acids is 1. The number of hydrogen-bond donors (Lipinski definition) is 2. The van der Waals surface area contributed by atoms with Crippen molar-refractivity contribution in [2.24, 2.45) is 11.3 Å². The number of hydrogen-bond acceptors (Lipinski definition) is 4. The zero-order chi connectivity index (χ0) is 13.6. The van der Waals surface area contributed by atoms with Gasteiger partial charge in [-0.25, -0.2) is 4.79 Å². The van der Waals surface area contributed by atoms with E-state index < -0.39 is 23.1 Å². The van der Waals surface area contributed by atoms with Gasteiger partial charge in [-0.3, -0.25) is 9.59 Å². The van der Waals surface area contributed by atoms with Crippen LogP contribution < -0.4 is 0 Å². The first-order chi connectivity index (χ1) is 8.56. The molecule has 0 bridgehead atoms. The van der Waals surface area contributed by atoms with Crippen molar-refractivity contribution in [3.63, 3.8) is 0 Å². The Morgan fingerprint density at radius 3 is 2.72 bits per heavy atom. The van der Waals surface area contributed by atoms with Crippen LogP contribution in [-0.4, -0.2) is 34.9 Å². The summed E-state index contributed by atoms with van der Waals surface area (Å²) in [4.78, 5) is 33.5. The first-order valence-corrected chi connectivity index (χ1v) is 5.68. The molecule has 0 aromatic rings. The molecule has 0 saturated carbocycles. The number of allylic oxidation sites excluding steroid dienone is 3. The van der Waals surface area contributed by atoms with E-state index in [0.29, 0.717) is 12.8 Å². The topological polar surface area (TPSA) is 91.7 Å². The van der Waals surface area contributed by atoms with Gasteiger partial charge in [-0.2, -0.15) is 0 Å². The van der Waals surface area contributed by atoms with Crippen molar-refractivity contribution in [2.75, 3.05) is 6.61 Å². The molecule has 1 aliphatic carbocycles. The number of rotatable bonds is 6. The van der Waals surface area contributed by atoms with Crippen LogP contribution in [0.1, 0.15) is 19.3 Å². The quantitative estimate of drug-likeness (QED) is 0.534. The Labute approximate surface area is 105 Å². The van der Waals surface area contributed by atoms with Crippen LogP contribution in [0.5, 0.6) is 0 Å². The van der Waals surface area contributed by atoms with Crippen LogP contribution in [0.25, 0.3) is 0 Å². The van der Waals surface area contributed by atoms with Crippen LogP contribution in [0, 0.1) is 11.3 Å². The maximum Gasteiger partial charge on any atom is 0.328 e. The molecule has 0 aromatic heterocycles. The van der Waals surface area contributed by atoms with Gasteiger partial charge in [0.15, 0.2) is 5.78 Å². The van der Waals surface area contributed by atoms with E-state index in [9.17, 15) is 14.4 Å². The molecule has 0 spiro atoms. The van der Waals surface area contributed by atoms with Crippen LogP contribution in [0.2, 0.25) is 0 Å². The van der Waals surface area contributed by atoms with E-state index in [1.807, 2.05) is 6.29 Å². The molecule has 0 amide bonds. The normalized spacial score (nSPS) is 27.3. The van der Waals surface area contributed by atoms with E-state index >= 15 is 0 Å². The second-order valence-electron chi connectivity index (χ2n) is 4.20. The fraction of sp³-hybridized carbons (Fsp3) is 0.462. The van der Waals surface area contributed by atoms with Gasteiger partial charge < -0.3 is 10.2 Å². The molecular formula is C13H15O5. The van der Waals surface area contributed by atoms with Gasteiger partial charge in [-0.15, -0.1) is 0 Å². The average molecular weight is 251 g/mol. The molecule has 0 saturated heterocycles. The van der Waals surface area contributed by atoms with Crippen molar-refractivity contribution in [3.8, 4) is 0 Å². The summed E-state index contributed by atoms with van der Waals surface area (Å²) in [6, 6.07) is 0. The van der Waals surface area contributed by atoms with Crippen molar-refractivity contribution >= 4 is 18.0 Å². The van der Waals surface area contributed by atoms with Gasteiger partial charge in [0.2, 0.25) is 6.29 Å². The van der Waals surface area contributed by atoms with Gasteiger partial charge in [0.05, 0.1) is 5.41 Å². The zero-order valence-corrected chi connectivity index (χ0v) is 9.83. The third kappa shape index (κ3) is 2.92. The van der Waals surface area contributed by atoms with Crippen LogP contribution >= 0.6 is 0 Å². The first-order valence-electron chi connectivity index (χ1n) is 5.68. The van der Waals surface area contributed by atoms with E-state index in [4.69, 9.17) is 10.2 Å². The maximum absolute atomic E-state index is 12.1. The minimum Gasteiger partial charge on any atom is -0.478 e. The number of carboxylic acid groups (broad SMARTS) is 1. The van der Waals surface area contributed by atoms with E-state index in [-0.39, 0.29) is 13.0 Å². The Morgan fingerprint density at radius 2 is 2.17 bits per heavy atom. The summed E-state index contributed by atoms with van der Waals surface area (Å²) in [7, 11) is 0. The van der Waals surface area contributed by atoms with Crippen LogP contribution in [0.3, 0.4) is 0 Å². The molecule has 0 aliphatic heterocycles. The second kappa shape index (κ2) is 6.26.